The smallest absolute Gasteiger partial charge is 0.238 e. The highest BCUT2D eigenvalue weighted by Gasteiger charge is 2.06. The number of hydrogen-bond donors (Lipinski definition) is 2. The Hall–Kier alpha value is -1.46. The van der Waals surface area contributed by atoms with Gasteiger partial charge in [0.25, 0.3) is 0 Å². The van der Waals surface area contributed by atoms with E-state index in [-0.39, 0.29) is 18.3 Å². The molecule has 1 rings (SSSR count). The van der Waals surface area contributed by atoms with Gasteiger partial charge in [0.15, 0.2) is 0 Å². The fourth-order valence-corrected chi connectivity index (χ4v) is 1.45. The van der Waals surface area contributed by atoms with Crippen molar-refractivity contribution in [3.63, 3.8) is 0 Å². The maximum Gasteiger partial charge on any atom is 0.238 e. The quantitative estimate of drug-likeness (QED) is 0.780. The van der Waals surface area contributed by atoms with E-state index in [0.29, 0.717) is 12.2 Å². The summed E-state index contributed by atoms with van der Waals surface area (Å²) in [4.78, 5) is 13.5. The fourth-order valence-electron chi connectivity index (χ4n) is 1.45. The number of nitrogens with two attached hydrogens (primary N) is 1. The number of rotatable bonds is 6. The van der Waals surface area contributed by atoms with Crippen LogP contribution in [0.1, 0.15) is 6.42 Å². The van der Waals surface area contributed by atoms with Crippen molar-refractivity contribution in [2.75, 3.05) is 32.0 Å². The van der Waals surface area contributed by atoms with Gasteiger partial charge in [-0.3, -0.25) is 9.69 Å². The first-order valence-corrected chi connectivity index (χ1v) is 5.56. The van der Waals surface area contributed by atoms with Crippen molar-refractivity contribution in [3.05, 3.63) is 30.1 Å². The molecule has 0 unspecified atom stereocenters. The van der Waals surface area contributed by atoms with Gasteiger partial charge in [-0.25, -0.2) is 4.39 Å². The van der Waals surface area contributed by atoms with Gasteiger partial charge in [0.1, 0.15) is 5.82 Å². The normalized spacial score (nSPS) is 10.6. The van der Waals surface area contributed by atoms with Crippen molar-refractivity contribution in [3.8, 4) is 0 Å². The molecule has 1 aromatic rings. The highest BCUT2D eigenvalue weighted by Crippen LogP contribution is 2.08. The lowest BCUT2D eigenvalue weighted by Gasteiger charge is -2.15. The zero-order chi connectivity index (χ0) is 12.7. The van der Waals surface area contributed by atoms with Crippen LogP contribution >= 0.6 is 0 Å². The highest BCUT2D eigenvalue weighted by molar-refractivity contribution is 5.92. The van der Waals surface area contributed by atoms with Crippen LogP contribution in [0, 0.1) is 5.82 Å². The van der Waals surface area contributed by atoms with E-state index < -0.39 is 0 Å². The van der Waals surface area contributed by atoms with Gasteiger partial charge in [-0.15, -0.1) is 0 Å². The number of hydrogen-bond acceptors (Lipinski definition) is 3. The molecule has 0 saturated heterocycles. The van der Waals surface area contributed by atoms with Crippen LogP contribution in [-0.4, -0.2) is 37.5 Å². The molecular formula is C12H18FN3O. The molecule has 0 bridgehead atoms. The van der Waals surface area contributed by atoms with Gasteiger partial charge in [0, 0.05) is 5.69 Å². The molecule has 0 heterocycles. The Morgan fingerprint density at radius 2 is 2.29 bits per heavy atom. The van der Waals surface area contributed by atoms with E-state index in [1.165, 1.54) is 12.1 Å². The predicted octanol–water partition coefficient (Wildman–Crippen LogP) is 1.04. The summed E-state index contributed by atoms with van der Waals surface area (Å²) >= 11 is 0. The zero-order valence-electron chi connectivity index (χ0n) is 9.95. The number of amides is 1. The van der Waals surface area contributed by atoms with Crippen molar-refractivity contribution in [2.24, 2.45) is 5.73 Å². The second-order valence-electron chi connectivity index (χ2n) is 3.94. The van der Waals surface area contributed by atoms with Crippen LogP contribution in [0.25, 0.3) is 0 Å². The summed E-state index contributed by atoms with van der Waals surface area (Å²) < 4.78 is 12.9. The zero-order valence-corrected chi connectivity index (χ0v) is 9.95. The van der Waals surface area contributed by atoms with E-state index in [4.69, 9.17) is 5.73 Å². The molecule has 17 heavy (non-hydrogen) atoms. The van der Waals surface area contributed by atoms with Gasteiger partial charge < -0.3 is 11.1 Å². The van der Waals surface area contributed by atoms with E-state index in [1.54, 1.807) is 12.1 Å². The first-order valence-electron chi connectivity index (χ1n) is 5.56. The summed E-state index contributed by atoms with van der Waals surface area (Å²) in [7, 11) is 1.85. The number of benzene rings is 1. The van der Waals surface area contributed by atoms with E-state index >= 15 is 0 Å². The van der Waals surface area contributed by atoms with Crippen LogP contribution in [0.5, 0.6) is 0 Å². The molecule has 0 aliphatic carbocycles. The fraction of sp³-hybridized carbons (Fsp3) is 0.417. The summed E-state index contributed by atoms with van der Waals surface area (Å²) in [5.74, 6) is -0.519. The number of likely N-dealkylation sites (N-methyl/N-ethyl adjacent to an activating group) is 1. The predicted molar refractivity (Wildman–Crippen MR) is 66.2 cm³/mol. The Bertz CT molecular complexity index is 371. The minimum atomic E-state index is -0.362. The third-order valence-corrected chi connectivity index (χ3v) is 2.27. The average molecular weight is 239 g/mol. The Morgan fingerprint density at radius 1 is 1.53 bits per heavy atom. The van der Waals surface area contributed by atoms with E-state index in [0.717, 1.165) is 13.0 Å². The number of nitrogens with one attached hydrogen (secondary N) is 1. The first kappa shape index (κ1) is 13.6. The number of anilines is 1. The van der Waals surface area contributed by atoms with Gasteiger partial charge >= 0.3 is 0 Å². The molecule has 0 atom stereocenters. The van der Waals surface area contributed by atoms with Gasteiger partial charge in [0.2, 0.25) is 5.91 Å². The molecule has 0 fully saturated rings. The van der Waals surface area contributed by atoms with Crippen molar-refractivity contribution >= 4 is 11.6 Å². The SMILES string of the molecule is CN(CCCN)CC(=O)Nc1cccc(F)c1. The summed E-state index contributed by atoms with van der Waals surface area (Å²) in [5.41, 5.74) is 5.85. The number of carbonyl (C=O) groups is 1. The van der Waals surface area contributed by atoms with Crippen molar-refractivity contribution in [2.45, 2.75) is 6.42 Å². The number of halogens is 1. The molecule has 0 saturated carbocycles. The number of carbonyl (C=O) groups excluding carboxylic acids is 1. The Balaban J connectivity index is 2.39. The third kappa shape index (κ3) is 5.42. The second-order valence-corrected chi connectivity index (χ2v) is 3.94. The lowest BCUT2D eigenvalue weighted by atomic mass is 10.3. The molecule has 94 valence electrons. The second kappa shape index (κ2) is 6.98. The molecular weight excluding hydrogens is 221 g/mol. The van der Waals surface area contributed by atoms with Crippen molar-refractivity contribution in [1.82, 2.24) is 4.90 Å². The van der Waals surface area contributed by atoms with Gasteiger partial charge in [-0.2, -0.15) is 0 Å². The molecule has 0 radical (unpaired) electrons. The van der Waals surface area contributed by atoms with Crippen LogP contribution in [0.4, 0.5) is 10.1 Å². The monoisotopic (exact) mass is 239 g/mol. The van der Waals surface area contributed by atoms with Crippen molar-refractivity contribution < 1.29 is 9.18 Å². The van der Waals surface area contributed by atoms with Crippen LogP contribution in [-0.2, 0) is 4.79 Å². The molecule has 5 heteroatoms. The van der Waals surface area contributed by atoms with Crippen molar-refractivity contribution in [1.29, 1.82) is 0 Å². The third-order valence-electron chi connectivity index (χ3n) is 2.27. The van der Waals surface area contributed by atoms with Gasteiger partial charge in [-0.1, -0.05) is 6.07 Å². The molecule has 0 aliphatic heterocycles. The minimum Gasteiger partial charge on any atom is -0.330 e. The summed E-state index contributed by atoms with van der Waals surface area (Å²) in [5, 5.41) is 2.64. The van der Waals surface area contributed by atoms with Crippen LogP contribution in [0.15, 0.2) is 24.3 Å². The highest BCUT2D eigenvalue weighted by atomic mass is 19.1. The Morgan fingerprint density at radius 3 is 2.94 bits per heavy atom. The Labute approximate surface area is 101 Å². The lowest BCUT2D eigenvalue weighted by molar-refractivity contribution is -0.117. The van der Waals surface area contributed by atoms with Gasteiger partial charge in [0.05, 0.1) is 6.54 Å². The lowest BCUT2D eigenvalue weighted by Crippen LogP contribution is -2.31. The summed E-state index contributed by atoms with van der Waals surface area (Å²) in [6, 6.07) is 5.84. The minimum absolute atomic E-state index is 0.157. The van der Waals surface area contributed by atoms with Crippen LogP contribution in [0.2, 0.25) is 0 Å². The van der Waals surface area contributed by atoms with E-state index in [9.17, 15) is 9.18 Å². The molecule has 0 aromatic heterocycles. The Kier molecular flexibility index (Phi) is 5.59. The topological polar surface area (TPSA) is 58.4 Å². The molecule has 1 aromatic carbocycles. The van der Waals surface area contributed by atoms with E-state index in [1.807, 2.05) is 11.9 Å². The first-order chi connectivity index (χ1) is 8.11. The van der Waals surface area contributed by atoms with Crippen LogP contribution in [0.3, 0.4) is 0 Å². The summed E-state index contributed by atoms with van der Waals surface area (Å²) in [6.45, 7) is 1.65. The van der Waals surface area contributed by atoms with Gasteiger partial charge in [-0.05, 0) is 44.8 Å². The molecule has 4 nitrogen and oxygen atoms in total. The molecule has 3 N–H and O–H groups in total. The standard InChI is InChI=1S/C12H18FN3O/c1-16(7-3-6-14)9-12(17)15-11-5-2-4-10(13)8-11/h2,4-5,8H,3,6-7,9,14H2,1H3,(H,15,17). The average Bonchev–Trinajstić information content (AvgIpc) is 2.26. The van der Waals surface area contributed by atoms with Crippen LogP contribution < -0.4 is 11.1 Å². The molecule has 1 amide bonds. The summed E-state index contributed by atoms with van der Waals surface area (Å²) in [6.07, 6.45) is 0.851. The molecule has 0 spiro atoms. The maximum absolute atomic E-state index is 12.9. The van der Waals surface area contributed by atoms with E-state index in [2.05, 4.69) is 5.32 Å². The largest absolute Gasteiger partial charge is 0.330 e. The number of nitrogens with zero attached hydrogens (tertiary/aromatic N) is 1. The molecule has 0 aliphatic rings. The maximum atomic E-state index is 12.9.